The van der Waals surface area contributed by atoms with Gasteiger partial charge in [0.1, 0.15) is 5.54 Å². The molecule has 2 aliphatic rings. The zero-order valence-electron chi connectivity index (χ0n) is 12.1. The van der Waals surface area contributed by atoms with Crippen molar-refractivity contribution in [2.24, 2.45) is 0 Å². The van der Waals surface area contributed by atoms with E-state index in [0.29, 0.717) is 13.2 Å². The van der Waals surface area contributed by atoms with Crippen molar-refractivity contribution in [1.82, 2.24) is 4.72 Å². The molecule has 0 unspecified atom stereocenters. The van der Waals surface area contributed by atoms with E-state index in [2.05, 4.69) is 4.72 Å². The molecule has 0 bridgehead atoms. The van der Waals surface area contributed by atoms with Crippen molar-refractivity contribution in [1.29, 1.82) is 0 Å². The van der Waals surface area contributed by atoms with Crippen LogP contribution in [0.5, 0.6) is 0 Å². The minimum absolute atomic E-state index is 0.0143. The Labute approximate surface area is 122 Å². The third kappa shape index (κ3) is 3.43. The third-order valence-electron chi connectivity index (χ3n) is 3.77. The molecule has 2 rings (SSSR count). The number of halogens is 3. The normalized spacial score (nSPS) is 26.1. The van der Waals surface area contributed by atoms with Gasteiger partial charge < -0.3 is 9.47 Å². The van der Waals surface area contributed by atoms with Crippen molar-refractivity contribution in [3.63, 3.8) is 0 Å². The zero-order valence-corrected chi connectivity index (χ0v) is 12.9. The van der Waals surface area contributed by atoms with Gasteiger partial charge in [-0.25, -0.2) is 4.72 Å². The maximum absolute atomic E-state index is 13.5. The van der Waals surface area contributed by atoms with E-state index >= 15 is 0 Å². The minimum Gasteiger partial charge on any atom is -0.348 e. The van der Waals surface area contributed by atoms with E-state index in [-0.39, 0.29) is 30.4 Å². The highest BCUT2D eigenvalue weighted by molar-refractivity contribution is 7.98. The molecule has 1 spiro atoms. The van der Waals surface area contributed by atoms with Crippen LogP contribution in [-0.4, -0.2) is 35.5 Å². The maximum Gasteiger partial charge on any atom is 0.407 e. The Kier molecular flexibility index (Phi) is 4.37. The van der Waals surface area contributed by atoms with Gasteiger partial charge in [-0.1, -0.05) is 11.9 Å². The summed E-state index contributed by atoms with van der Waals surface area (Å²) < 4.78 is 53.9. The van der Waals surface area contributed by atoms with Gasteiger partial charge in [0.25, 0.3) is 0 Å². The SMILES string of the molecule is CC(C)(C)SNC1(C(F)(F)F)CCC2(CC1)OCCO2. The van der Waals surface area contributed by atoms with Crippen molar-refractivity contribution in [3.8, 4) is 0 Å². The standard InChI is InChI=1S/C13H22F3NO2S/c1-10(2,3)20-17-11(13(14,15)16)4-6-12(7-5-11)18-8-9-19-12/h17H,4-9H2,1-3H3. The second-order valence-electron chi connectivity index (χ2n) is 6.50. The summed E-state index contributed by atoms with van der Waals surface area (Å²) in [6, 6.07) is 0. The van der Waals surface area contributed by atoms with Gasteiger partial charge in [-0.15, -0.1) is 0 Å². The van der Waals surface area contributed by atoms with Crippen LogP contribution in [0.3, 0.4) is 0 Å². The Balaban J connectivity index is 2.07. The number of alkyl halides is 3. The zero-order chi connectivity index (χ0) is 15.1. The predicted molar refractivity (Wildman–Crippen MR) is 72.4 cm³/mol. The van der Waals surface area contributed by atoms with Crippen molar-refractivity contribution in [2.45, 2.75) is 68.7 Å². The molecule has 20 heavy (non-hydrogen) atoms. The van der Waals surface area contributed by atoms with Gasteiger partial charge in [0, 0.05) is 17.6 Å². The molecule has 118 valence electrons. The van der Waals surface area contributed by atoms with E-state index in [4.69, 9.17) is 9.47 Å². The average molecular weight is 313 g/mol. The van der Waals surface area contributed by atoms with Crippen LogP contribution in [-0.2, 0) is 9.47 Å². The summed E-state index contributed by atoms with van der Waals surface area (Å²) in [6.45, 7) is 6.62. The molecule has 0 aromatic rings. The third-order valence-corrected chi connectivity index (χ3v) is 4.88. The first-order valence-electron chi connectivity index (χ1n) is 6.88. The minimum atomic E-state index is -4.27. The number of hydrogen-bond acceptors (Lipinski definition) is 4. The van der Waals surface area contributed by atoms with Gasteiger partial charge in [-0.3, -0.25) is 0 Å². The van der Waals surface area contributed by atoms with Crippen LogP contribution < -0.4 is 4.72 Å². The molecule has 0 aromatic carbocycles. The van der Waals surface area contributed by atoms with Crippen LogP contribution in [0, 0.1) is 0 Å². The van der Waals surface area contributed by atoms with Crippen LogP contribution in [0.1, 0.15) is 46.5 Å². The Bertz CT molecular complexity index is 339. The van der Waals surface area contributed by atoms with Gasteiger partial charge in [-0.05, 0) is 33.6 Å². The Hall–Kier alpha value is 0.0200. The van der Waals surface area contributed by atoms with Crippen molar-refractivity contribution in [2.75, 3.05) is 13.2 Å². The second kappa shape index (κ2) is 5.34. The quantitative estimate of drug-likeness (QED) is 0.789. The first-order chi connectivity index (χ1) is 9.08. The molecule has 7 heteroatoms. The highest BCUT2D eigenvalue weighted by Crippen LogP contribution is 2.48. The summed E-state index contributed by atoms with van der Waals surface area (Å²) in [5.74, 6) is -0.775. The number of hydrogen-bond donors (Lipinski definition) is 1. The van der Waals surface area contributed by atoms with Gasteiger partial charge in [0.05, 0.1) is 13.2 Å². The van der Waals surface area contributed by atoms with Gasteiger partial charge >= 0.3 is 6.18 Å². The van der Waals surface area contributed by atoms with Crippen LogP contribution in [0.2, 0.25) is 0 Å². The molecule has 0 aromatic heterocycles. The van der Waals surface area contributed by atoms with Crippen molar-refractivity contribution in [3.05, 3.63) is 0 Å². The molecule has 0 amide bonds. The Morgan fingerprint density at radius 2 is 1.45 bits per heavy atom. The van der Waals surface area contributed by atoms with E-state index in [1.54, 1.807) is 0 Å². The summed E-state index contributed by atoms with van der Waals surface area (Å²) in [4.78, 5) is 0. The van der Waals surface area contributed by atoms with Crippen LogP contribution >= 0.6 is 11.9 Å². The van der Waals surface area contributed by atoms with Gasteiger partial charge in [0.2, 0.25) is 0 Å². The fraction of sp³-hybridized carbons (Fsp3) is 1.00. The molecule has 1 aliphatic carbocycles. The Morgan fingerprint density at radius 3 is 1.85 bits per heavy atom. The number of nitrogens with one attached hydrogen (secondary N) is 1. The molecule has 1 saturated heterocycles. The summed E-state index contributed by atoms with van der Waals surface area (Å²) in [7, 11) is 0. The van der Waals surface area contributed by atoms with E-state index in [1.165, 1.54) is 0 Å². The lowest BCUT2D eigenvalue weighted by atomic mass is 9.79. The first-order valence-corrected chi connectivity index (χ1v) is 7.69. The molecule has 0 atom stereocenters. The fourth-order valence-electron chi connectivity index (χ4n) is 2.54. The lowest BCUT2D eigenvalue weighted by Crippen LogP contribution is -2.59. The van der Waals surface area contributed by atoms with E-state index < -0.39 is 17.5 Å². The molecule has 1 N–H and O–H groups in total. The summed E-state index contributed by atoms with van der Waals surface area (Å²) >= 11 is 1.15. The average Bonchev–Trinajstić information content (AvgIpc) is 2.75. The van der Waals surface area contributed by atoms with E-state index in [9.17, 15) is 13.2 Å². The van der Waals surface area contributed by atoms with E-state index in [1.807, 2.05) is 20.8 Å². The fourth-order valence-corrected chi connectivity index (χ4v) is 3.36. The number of ether oxygens (including phenoxy) is 2. The lowest BCUT2D eigenvalue weighted by Gasteiger charge is -2.45. The van der Waals surface area contributed by atoms with Crippen LogP contribution in [0.25, 0.3) is 0 Å². The molecule has 2 fully saturated rings. The summed E-state index contributed by atoms with van der Waals surface area (Å²) in [6.07, 6.45) is -3.74. The highest BCUT2D eigenvalue weighted by atomic mass is 32.2. The molecule has 0 radical (unpaired) electrons. The van der Waals surface area contributed by atoms with Crippen LogP contribution in [0.4, 0.5) is 13.2 Å². The van der Waals surface area contributed by atoms with Gasteiger partial charge in [0.15, 0.2) is 5.79 Å². The smallest absolute Gasteiger partial charge is 0.348 e. The first kappa shape index (κ1) is 16.4. The molecular formula is C13H22F3NO2S. The van der Waals surface area contributed by atoms with E-state index in [0.717, 1.165) is 11.9 Å². The molecule has 1 aliphatic heterocycles. The molecule has 1 heterocycles. The van der Waals surface area contributed by atoms with Crippen molar-refractivity contribution >= 4 is 11.9 Å². The lowest BCUT2D eigenvalue weighted by molar-refractivity contribution is -0.238. The highest BCUT2D eigenvalue weighted by Gasteiger charge is 2.59. The summed E-state index contributed by atoms with van der Waals surface area (Å²) in [5.41, 5.74) is -1.84. The molecule has 3 nitrogen and oxygen atoms in total. The summed E-state index contributed by atoms with van der Waals surface area (Å²) in [5, 5.41) is 0. The number of rotatable bonds is 2. The monoisotopic (exact) mass is 313 g/mol. The molecule has 1 saturated carbocycles. The second-order valence-corrected chi connectivity index (χ2v) is 8.14. The van der Waals surface area contributed by atoms with Gasteiger partial charge in [-0.2, -0.15) is 13.2 Å². The molecular weight excluding hydrogens is 291 g/mol. The van der Waals surface area contributed by atoms with Crippen molar-refractivity contribution < 1.29 is 22.6 Å². The van der Waals surface area contributed by atoms with Crippen LogP contribution in [0.15, 0.2) is 0 Å². The Morgan fingerprint density at radius 1 is 0.950 bits per heavy atom. The maximum atomic E-state index is 13.5. The predicted octanol–water partition coefficient (Wildman–Crippen LogP) is 3.64. The largest absolute Gasteiger partial charge is 0.407 e. The topological polar surface area (TPSA) is 30.5 Å².